The van der Waals surface area contributed by atoms with Crippen molar-refractivity contribution in [2.24, 2.45) is 0 Å². The van der Waals surface area contributed by atoms with Gasteiger partial charge in [-0.3, -0.25) is 4.68 Å². The van der Waals surface area contributed by atoms with Crippen LogP contribution in [0.15, 0.2) is 6.07 Å². The molecule has 100 valence electrons. The molecule has 3 heterocycles. The van der Waals surface area contributed by atoms with Gasteiger partial charge in [0.1, 0.15) is 0 Å². The summed E-state index contributed by atoms with van der Waals surface area (Å²) in [5.74, 6) is 0. The standard InChI is InChI=1S/C14H22N2O2/c1-11-9-12(2)16(15-11)13-3-6-18-14(10-13)4-7-17-8-5-14/h9,13H,3-8,10H2,1-2H3. The molecule has 0 bridgehead atoms. The first-order valence-corrected chi connectivity index (χ1v) is 6.93. The Balaban J connectivity index is 1.79. The van der Waals surface area contributed by atoms with Crippen LogP contribution < -0.4 is 0 Å². The fraction of sp³-hybridized carbons (Fsp3) is 0.786. The molecular formula is C14H22N2O2. The van der Waals surface area contributed by atoms with Gasteiger partial charge >= 0.3 is 0 Å². The summed E-state index contributed by atoms with van der Waals surface area (Å²) in [5, 5.41) is 4.64. The molecule has 1 spiro atoms. The highest BCUT2D eigenvalue weighted by Gasteiger charge is 2.40. The van der Waals surface area contributed by atoms with Crippen LogP contribution >= 0.6 is 0 Å². The molecule has 2 fully saturated rings. The Hall–Kier alpha value is -0.870. The lowest BCUT2D eigenvalue weighted by Gasteiger charge is -2.43. The lowest BCUT2D eigenvalue weighted by Crippen LogP contribution is -2.45. The minimum atomic E-state index is 0.0491. The fourth-order valence-corrected chi connectivity index (χ4v) is 3.32. The summed E-state index contributed by atoms with van der Waals surface area (Å²) in [7, 11) is 0. The molecule has 2 saturated heterocycles. The van der Waals surface area contributed by atoms with E-state index in [1.165, 1.54) is 5.69 Å². The van der Waals surface area contributed by atoms with Gasteiger partial charge in [0, 0.05) is 25.5 Å². The molecule has 18 heavy (non-hydrogen) atoms. The quantitative estimate of drug-likeness (QED) is 0.768. The second-order valence-electron chi connectivity index (χ2n) is 5.66. The van der Waals surface area contributed by atoms with Gasteiger partial charge in [-0.1, -0.05) is 0 Å². The molecule has 0 saturated carbocycles. The van der Waals surface area contributed by atoms with Crippen molar-refractivity contribution in [1.29, 1.82) is 0 Å². The molecule has 0 radical (unpaired) electrons. The number of aryl methyl sites for hydroxylation is 2. The van der Waals surface area contributed by atoms with Gasteiger partial charge in [0.25, 0.3) is 0 Å². The molecule has 1 aromatic rings. The summed E-state index contributed by atoms with van der Waals surface area (Å²) in [6.45, 7) is 6.73. The van der Waals surface area contributed by atoms with E-state index >= 15 is 0 Å². The predicted molar refractivity (Wildman–Crippen MR) is 68.7 cm³/mol. The summed E-state index contributed by atoms with van der Waals surface area (Å²) in [6.07, 6.45) is 4.22. The molecule has 0 aliphatic carbocycles. The number of aromatic nitrogens is 2. The third-order valence-corrected chi connectivity index (χ3v) is 4.26. The first-order chi connectivity index (χ1) is 8.69. The van der Waals surface area contributed by atoms with Crippen LogP contribution in [0, 0.1) is 13.8 Å². The minimum absolute atomic E-state index is 0.0491. The first kappa shape index (κ1) is 12.2. The predicted octanol–water partition coefficient (Wildman–Crippen LogP) is 2.40. The maximum Gasteiger partial charge on any atom is 0.0746 e. The third-order valence-electron chi connectivity index (χ3n) is 4.26. The largest absolute Gasteiger partial charge is 0.381 e. The van der Waals surface area contributed by atoms with Crippen LogP contribution in [-0.4, -0.2) is 35.2 Å². The molecule has 0 amide bonds. The Bertz CT molecular complexity index is 416. The maximum atomic E-state index is 6.08. The van der Waals surface area contributed by atoms with Gasteiger partial charge in [0.15, 0.2) is 0 Å². The summed E-state index contributed by atoms with van der Waals surface area (Å²) >= 11 is 0. The van der Waals surface area contributed by atoms with Gasteiger partial charge in [-0.15, -0.1) is 0 Å². The minimum Gasteiger partial charge on any atom is -0.381 e. The van der Waals surface area contributed by atoms with Crippen LogP contribution in [0.25, 0.3) is 0 Å². The van der Waals surface area contributed by atoms with Crippen LogP contribution in [0.5, 0.6) is 0 Å². The van der Waals surface area contributed by atoms with Gasteiger partial charge in [-0.2, -0.15) is 5.10 Å². The second-order valence-corrected chi connectivity index (χ2v) is 5.66. The third kappa shape index (κ3) is 2.19. The topological polar surface area (TPSA) is 36.3 Å². The number of hydrogen-bond donors (Lipinski definition) is 0. The van der Waals surface area contributed by atoms with E-state index in [0.29, 0.717) is 6.04 Å². The molecule has 1 aromatic heterocycles. The monoisotopic (exact) mass is 250 g/mol. The molecule has 4 heteroatoms. The van der Waals surface area contributed by atoms with Crippen molar-refractivity contribution in [2.45, 2.75) is 51.2 Å². The Labute approximate surface area is 108 Å². The molecule has 0 aromatic carbocycles. The first-order valence-electron chi connectivity index (χ1n) is 6.93. The van der Waals surface area contributed by atoms with Crippen molar-refractivity contribution >= 4 is 0 Å². The summed E-state index contributed by atoms with van der Waals surface area (Å²) in [6, 6.07) is 2.65. The number of rotatable bonds is 1. The molecule has 2 aliphatic rings. The highest BCUT2D eigenvalue weighted by molar-refractivity contribution is 5.08. The SMILES string of the molecule is Cc1cc(C)n(C2CCOC3(CCOCC3)C2)n1. The van der Waals surface area contributed by atoms with E-state index in [0.717, 1.165) is 51.2 Å². The lowest BCUT2D eigenvalue weighted by molar-refractivity contribution is -0.145. The van der Waals surface area contributed by atoms with Crippen LogP contribution in [0.1, 0.15) is 43.1 Å². The zero-order valence-electron chi connectivity index (χ0n) is 11.3. The number of nitrogens with zero attached hydrogens (tertiary/aromatic N) is 2. The van der Waals surface area contributed by atoms with Gasteiger partial charge in [-0.05, 0) is 45.6 Å². The average molecular weight is 250 g/mol. The molecular weight excluding hydrogens is 228 g/mol. The summed E-state index contributed by atoms with van der Waals surface area (Å²) in [4.78, 5) is 0. The Morgan fingerprint density at radius 2 is 2.06 bits per heavy atom. The number of hydrogen-bond acceptors (Lipinski definition) is 3. The van der Waals surface area contributed by atoms with Crippen molar-refractivity contribution in [3.05, 3.63) is 17.5 Å². The van der Waals surface area contributed by atoms with Crippen molar-refractivity contribution in [3.8, 4) is 0 Å². The van der Waals surface area contributed by atoms with E-state index in [1.54, 1.807) is 0 Å². The van der Waals surface area contributed by atoms with Crippen LogP contribution in [0.2, 0.25) is 0 Å². The van der Waals surface area contributed by atoms with Crippen molar-refractivity contribution in [1.82, 2.24) is 9.78 Å². The summed E-state index contributed by atoms with van der Waals surface area (Å²) < 4.78 is 13.8. The molecule has 1 unspecified atom stereocenters. The zero-order chi connectivity index (χ0) is 12.6. The highest BCUT2D eigenvalue weighted by atomic mass is 16.5. The van der Waals surface area contributed by atoms with Crippen LogP contribution in [-0.2, 0) is 9.47 Å². The fourth-order valence-electron chi connectivity index (χ4n) is 3.32. The molecule has 2 aliphatic heterocycles. The van der Waals surface area contributed by atoms with Gasteiger partial charge in [0.2, 0.25) is 0 Å². The Morgan fingerprint density at radius 1 is 1.28 bits per heavy atom. The van der Waals surface area contributed by atoms with E-state index in [-0.39, 0.29) is 5.60 Å². The average Bonchev–Trinajstić information content (AvgIpc) is 2.69. The van der Waals surface area contributed by atoms with Crippen LogP contribution in [0.4, 0.5) is 0 Å². The normalized spacial score (nSPS) is 27.6. The van der Waals surface area contributed by atoms with Gasteiger partial charge < -0.3 is 9.47 Å². The Kier molecular flexibility index (Phi) is 3.16. The van der Waals surface area contributed by atoms with Crippen molar-refractivity contribution in [3.63, 3.8) is 0 Å². The van der Waals surface area contributed by atoms with E-state index < -0.39 is 0 Å². The van der Waals surface area contributed by atoms with E-state index in [4.69, 9.17) is 9.47 Å². The second kappa shape index (κ2) is 4.67. The van der Waals surface area contributed by atoms with Crippen LogP contribution in [0.3, 0.4) is 0 Å². The summed E-state index contributed by atoms with van der Waals surface area (Å²) in [5.41, 5.74) is 2.43. The lowest BCUT2D eigenvalue weighted by atomic mass is 9.84. The smallest absolute Gasteiger partial charge is 0.0746 e. The Morgan fingerprint density at radius 3 is 2.72 bits per heavy atom. The number of ether oxygens (including phenoxy) is 2. The zero-order valence-corrected chi connectivity index (χ0v) is 11.3. The highest BCUT2D eigenvalue weighted by Crippen LogP contribution is 2.39. The molecule has 1 atom stereocenters. The van der Waals surface area contributed by atoms with E-state index in [2.05, 4.69) is 29.7 Å². The molecule has 3 rings (SSSR count). The van der Waals surface area contributed by atoms with Gasteiger partial charge in [0.05, 0.1) is 17.3 Å². The van der Waals surface area contributed by atoms with Crippen molar-refractivity contribution < 1.29 is 9.47 Å². The van der Waals surface area contributed by atoms with Crippen molar-refractivity contribution in [2.75, 3.05) is 19.8 Å². The van der Waals surface area contributed by atoms with Gasteiger partial charge in [-0.25, -0.2) is 0 Å². The maximum absolute atomic E-state index is 6.08. The van der Waals surface area contributed by atoms with E-state index in [1.807, 2.05) is 0 Å². The molecule has 0 N–H and O–H groups in total. The molecule has 4 nitrogen and oxygen atoms in total. The van der Waals surface area contributed by atoms with E-state index in [9.17, 15) is 0 Å².